The molecule has 0 aliphatic heterocycles. The van der Waals surface area contributed by atoms with E-state index in [9.17, 15) is 9.18 Å². The molecular weight excluding hydrogens is 303 g/mol. The highest BCUT2D eigenvalue weighted by Crippen LogP contribution is 2.27. The molecule has 4 nitrogen and oxygen atoms in total. The quantitative estimate of drug-likeness (QED) is 0.795. The fraction of sp³-hybridized carbons (Fsp3) is 0.375. The number of hydrogen-bond donors (Lipinski definition) is 1. The number of aromatic nitrogens is 1. The van der Waals surface area contributed by atoms with Crippen LogP contribution in [0.25, 0.3) is 10.6 Å². The minimum absolute atomic E-state index is 0.125. The van der Waals surface area contributed by atoms with Gasteiger partial charge < -0.3 is 10.1 Å². The van der Waals surface area contributed by atoms with E-state index in [2.05, 4.69) is 10.3 Å². The lowest BCUT2D eigenvalue weighted by atomic mass is 10.2. The molecule has 0 aliphatic rings. The third kappa shape index (κ3) is 4.35. The normalized spacial score (nSPS) is 10.7. The summed E-state index contributed by atoms with van der Waals surface area (Å²) < 4.78 is 18.2. The summed E-state index contributed by atoms with van der Waals surface area (Å²) in [5, 5.41) is 3.58. The highest BCUT2D eigenvalue weighted by atomic mass is 32.1. The Bertz CT molecular complexity index is 626. The molecule has 0 saturated heterocycles. The van der Waals surface area contributed by atoms with Crippen LogP contribution < -0.4 is 5.32 Å². The van der Waals surface area contributed by atoms with Crippen LogP contribution in [0.2, 0.25) is 0 Å². The summed E-state index contributed by atoms with van der Waals surface area (Å²) in [6.45, 7) is 5.64. The van der Waals surface area contributed by atoms with E-state index in [1.54, 1.807) is 19.1 Å². The molecular formula is C16H19FN2O2S. The van der Waals surface area contributed by atoms with Crippen LogP contribution in [0.15, 0.2) is 24.3 Å². The predicted octanol–water partition coefficient (Wildman–Crippen LogP) is 3.41. The molecule has 1 aromatic carbocycles. The molecule has 118 valence electrons. The Morgan fingerprint density at radius 2 is 2.09 bits per heavy atom. The van der Waals surface area contributed by atoms with Crippen molar-refractivity contribution in [2.75, 3.05) is 19.8 Å². The highest BCUT2D eigenvalue weighted by molar-refractivity contribution is 7.17. The van der Waals surface area contributed by atoms with Gasteiger partial charge in [0.1, 0.15) is 15.7 Å². The number of benzene rings is 1. The largest absolute Gasteiger partial charge is 0.382 e. The third-order valence-corrected chi connectivity index (χ3v) is 4.25. The van der Waals surface area contributed by atoms with Crippen LogP contribution >= 0.6 is 11.3 Å². The monoisotopic (exact) mass is 322 g/mol. The van der Waals surface area contributed by atoms with Gasteiger partial charge in [-0.15, -0.1) is 11.3 Å². The zero-order chi connectivity index (χ0) is 15.9. The molecule has 0 unspecified atom stereocenters. The molecule has 1 aromatic heterocycles. The number of nitrogens with zero attached hydrogens (tertiary/aromatic N) is 1. The summed E-state index contributed by atoms with van der Waals surface area (Å²) in [4.78, 5) is 17.1. The Morgan fingerprint density at radius 3 is 2.77 bits per heavy atom. The van der Waals surface area contributed by atoms with E-state index in [0.29, 0.717) is 30.3 Å². The number of aryl methyl sites for hydroxylation is 1. The first-order valence-electron chi connectivity index (χ1n) is 7.21. The molecule has 0 fully saturated rings. The molecule has 0 aliphatic carbocycles. The molecule has 1 N–H and O–H groups in total. The van der Waals surface area contributed by atoms with Crippen molar-refractivity contribution in [2.24, 2.45) is 0 Å². The average molecular weight is 322 g/mol. The Hall–Kier alpha value is -1.79. The lowest BCUT2D eigenvalue weighted by Gasteiger charge is -2.04. The van der Waals surface area contributed by atoms with Crippen LogP contribution in [0.1, 0.15) is 28.7 Å². The topological polar surface area (TPSA) is 51.2 Å². The van der Waals surface area contributed by atoms with E-state index < -0.39 is 0 Å². The molecule has 1 amide bonds. The maximum atomic E-state index is 13.0. The zero-order valence-electron chi connectivity index (χ0n) is 12.7. The second kappa shape index (κ2) is 8.00. The van der Waals surface area contributed by atoms with E-state index in [1.807, 2.05) is 6.92 Å². The molecule has 0 atom stereocenters. The number of rotatable bonds is 7. The maximum absolute atomic E-state index is 13.0. The number of ether oxygens (including phenoxy) is 1. The van der Waals surface area contributed by atoms with Crippen molar-refractivity contribution >= 4 is 17.2 Å². The van der Waals surface area contributed by atoms with E-state index in [0.717, 1.165) is 17.0 Å². The molecule has 0 bridgehead atoms. The highest BCUT2D eigenvalue weighted by Gasteiger charge is 2.15. The molecule has 0 radical (unpaired) electrons. The fourth-order valence-corrected chi connectivity index (χ4v) is 2.91. The number of hydrogen-bond acceptors (Lipinski definition) is 4. The van der Waals surface area contributed by atoms with Crippen molar-refractivity contribution in [2.45, 2.75) is 20.3 Å². The number of carbonyl (C=O) groups excluding carboxylic acids is 1. The molecule has 0 spiro atoms. The summed E-state index contributed by atoms with van der Waals surface area (Å²) in [6, 6.07) is 6.11. The summed E-state index contributed by atoms with van der Waals surface area (Å²) in [5.74, 6) is -0.413. The summed E-state index contributed by atoms with van der Waals surface area (Å²) >= 11 is 1.32. The first-order valence-corrected chi connectivity index (χ1v) is 8.02. The Labute approximate surface area is 133 Å². The fourth-order valence-electron chi connectivity index (χ4n) is 1.92. The third-order valence-electron chi connectivity index (χ3n) is 3.05. The minimum Gasteiger partial charge on any atom is -0.382 e. The van der Waals surface area contributed by atoms with E-state index in [4.69, 9.17) is 4.74 Å². The van der Waals surface area contributed by atoms with E-state index in [-0.39, 0.29) is 11.7 Å². The first kappa shape index (κ1) is 16.6. The second-order valence-corrected chi connectivity index (χ2v) is 5.75. The number of carbonyl (C=O) groups is 1. The summed E-state index contributed by atoms with van der Waals surface area (Å²) in [5.41, 5.74) is 1.50. The van der Waals surface area contributed by atoms with Gasteiger partial charge >= 0.3 is 0 Å². The van der Waals surface area contributed by atoms with Crippen molar-refractivity contribution < 1.29 is 13.9 Å². The summed E-state index contributed by atoms with van der Waals surface area (Å²) in [6.07, 6.45) is 0.780. The van der Waals surface area contributed by atoms with Crippen molar-refractivity contribution in [1.29, 1.82) is 0 Å². The van der Waals surface area contributed by atoms with Gasteiger partial charge in [0, 0.05) is 25.3 Å². The maximum Gasteiger partial charge on any atom is 0.263 e. The molecule has 0 saturated carbocycles. The van der Waals surface area contributed by atoms with Crippen LogP contribution in [-0.2, 0) is 4.74 Å². The number of thiazole rings is 1. The van der Waals surface area contributed by atoms with Gasteiger partial charge in [0.05, 0.1) is 5.69 Å². The lowest BCUT2D eigenvalue weighted by Crippen LogP contribution is -2.25. The van der Waals surface area contributed by atoms with Gasteiger partial charge in [-0.25, -0.2) is 9.37 Å². The predicted molar refractivity (Wildman–Crippen MR) is 85.7 cm³/mol. The SMILES string of the molecule is CCOCCCNC(=O)c1sc(-c2ccc(F)cc2)nc1C. The molecule has 1 heterocycles. The second-order valence-electron chi connectivity index (χ2n) is 4.75. The molecule has 22 heavy (non-hydrogen) atoms. The molecule has 2 aromatic rings. The van der Waals surface area contributed by atoms with Crippen molar-refractivity contribution in [3.63, 3.8) is 0 Å². The van der Waals surface area contributed by atoms with Crippen LogP contribution in [0, 0.1) is 12.7 Å². The van der Waals surface area contributed by atoms with Gasteiger partial charge in [-0.2, -0.15) is 0 Å². The Kier molecular flexibility index (Phi) is 6.03. The minimum atomic E-state index is -0.288. The number of amides is 1. The van der Waals surface area contributed by atoms with Crippen LogP contribution in [0.3, 0.4) is 0 Å². The van der Waals surface area contributed by atoms with Gasteiger partial charge in [0.2, 0.25) is 0 Å². The molecule has 6 heteroatoms. The van der Waals surface area contributed by atoms with E-state index in [1.165, 1.54) is 23.5 Å². The summed E-state index contributed by atoms with van der Waals surface area (Å²) in [7, 11) is 0. The number of halogens is 1. The smallest absolute Gasteiger partial charge is 0.263 e. The van der Waals surface area contributed by atoms with Gasteiger partial charge in [-0.3, -0.25) is 4.79 Å². The van der Waals surface area contributed by atoms with Crippen molar-refractivity contribution in [3.8, 4) is 10.6 Å². The first-order chi connectivity index (χ1) is 10.6. The van der Waals surface area contributed by atoms with Crippen LogP contribution in [0.5, 0.6) is 0 Å². The average Bonchev–Trinajstić information content (AvgIpc) is 2.89. The van der Waals surface area contributed by atoms with Gasteiger partial charge in [0.15, 0.2) is 0 Å². The zero-order valence-corrected chi connectivity index (χ0v) is 13.5. The van der Waals surface area contributed by atoms with Crippen molar-refractivity contribution in [3.05, 3.63) is 40.7 Å². The Morgan fingerprint density at radius 1 is 1.36 bits per heavy atom. The van der Waals surface area contributed by atoms with Gasteiger partial charge in [-0.05, 0) is 44.5 Å². The standard InChI is InChI=1S/C16H19FN2O2S/c1-3-21-10-4-9-18-15(20)14-11(2)19-16(22-14)12-5-7-13(17)8-6-12/h5-8H,3-4,9-10H2,1-2H3,(H,18,20). The Balaban J connectivity index is 2.00. The number of nitrogens with one attached hydrogen (secondary N) is 1. The van der Waals surface area contributed by atoms with Crippen LogP contribution in [-0.4, -0.2) is 30.6 Å². The van der Waals surface area contributed by atoms with Gasteiger partial charge in [0.25, 0.3) is 5.91 Å². The lowest BCUT2D eigenvalue weighted by molar-refractivity contribution is 0.0947. The molecule has 2 rings (SSSR count). The van der Waals surface area contributed by atoms with Gasteiger partial charge in [-0.1, -0.05) is 0 Å². The van der Waals surface area contributed by atoms with Crippen molar-refractivity contribution in [1.82, 2.24) is 10.3 Å². The van der Waals surface area contributed by atoms with Crippen LogP contribution in [0.4, 0.5) is 4.39 Å². The van der Waals surface area contributed by atoms with E-state index >= 15 is 0 Å².